The zero-order chi connectivity index (χ0) is 13.3. The number of nitrogens with one attached hydrogen (secondary N) is 1. The van der Waals surface area contributed by atoms with Gasteiger partial charge < -0.3 is 4.57 Å². The van der Waals surface area contributed by atoms with Crippen molar-refractivity contribution in [1.82, 2.24) is 9.55 Å². The number of halogens is 1. The Kier molecular flexibility index (Phi) is 3.45. The van der Waals surface area contributed by atoms with Crippen molar-refractivity contribution in [1.29, 1.82) is 0 Å². The summed E-state index contributed by atoms with van der Waals surface area (Å²) in [6.45, 7) is 1.75. The van der Waals surface area contributed by atoms with Crippen LogP contribution in [0.2, 0.25) is 0 Å². The second-order valence-corrected chi connectivity index (χ2v) is 6.39. The second kappa shape index (κ2) is 4.74. The molecule has 0 bridgehead atoms. The van der Waals surface area contributed by atoms with Crippen LogP contribution in [0.3, 0.4) is 0 Å². The van der Waals surface area contributed by atoms with E-state index >= 15 is 0 Å². The molecule has 2 aromatic rings. The molecule has 0 saturated heterocycles. The van der Waals surface area contributed by atoms with Crippen LogP contribution in [0, 0.1) is 6.92 Å². The van der Waals surface area contributed by atoms with E-state index in [2.05, 4.69) is 25.6 Å². The Morgan fingerprint density at radius 2 is 1.89 bits per heavy atom. The van der Waals surface area contributed by atoms with Gasteiger partial charge in [0.25, 0.3) is 10.0 Å². The molecule has 0 spiro atoms. The first-order chi connectivity index (χ1) is 8.38. The number of rotatable bonds is 3. The summed E-state index contributed by atoms with van der Waals surface area (Å²) in [6, 6.07) is 6.89. The van der Waals surface area contributed by atoms with Crippen LogP contribution >= 0.6 is 15.9 Å². The van der Waals surface area contributed by atoms with Gasteiger partial charge in [-0.25, -0.2) is 4.98 Å². The lowest BCUT2D eigenvalue weighted by Crippen LogP contribution is -2.13. The SMILES string of the molecule is Cc1nc(S(=O)(=O)Nc2ccc(Br)cc2)cn1C. The summed E-state index contributed by atoms with van der Waals surface area (Å²) in [7, 11) is -1.87. The molecule has 1 aromatic heterocycles. The van der Waals surface area contributed by atoms with Crippen LogP contribution in [0.1, 0.15) is 5.82 Å². The Morgan fingerprint density at radius 3 is 2.39 bits per heavy atom. The lowest BCUT2D eigenvalue weighted by Gasteiger charge is -2.05. The maximum Gasteiger partial charge on any atom is 0.280 e. The van der Waals surface area contributed by atoms with Crippen LogP contribution in [-0.4, -0.2) is 18.0 Å². The van der Waals surface area contributed by atoms with Crippen molar-refractivity contribution < 1.29 is 8.42 Å². The van der Waals surface area contributed by atoms with Crippen LogP contribution in [0.15, 0.2) is 40.0 Å². The van der Waals surface area contributed by atoms with Gasteiger partial charge in [-0.05, 0) is 31.2 Å². The molecule has 2 rings (SSSR count). The Labute approximate surface area is 114 Å². The molecule has 0 fully saturated rings. The summed E-state index contributed by atoms with van der Waals surface area (Å²) in [4.78, 5) is 4.00. The van der Waals surface area contributed by atoms with Crippen LogP contribution < -0.4 is 4.72 Å². The summed E-state index contributed by atoms with van der Waals surface area (Å²) in [5.74, 6) is 0.645. The standard InChI is InChI=1S/C11H12BrN3O2S/c1-8-13-11(7-15(8)2)18(16,17)14-10-5-3-9(12)4-6-10/h3-7,14H,1-2H3. The van der Waals surface area contributed by atoms with E-state index in [9.17, 15) is 8.42 Å². The predicted molar refractivity (Wildman–Crippen MR) is 72.9 cm³/mol. The summed E-state index contributed by atoms with van der Waals surface area (Å²) < 4.78 is 29.1. The lowest BCUT2D eigenvalue weighted by molar-refractivity contribution is 0.598. The fourth-order valence-electron chi connectivity index (χ4n) is 1.38. The Bertz CT molecular complexity index is 643. The molecule has 0 aliphatic carbocycles. The molecule has 0 radical (unpaired) electrons. The Hall–Kier alpha value is -1.34. The number of aromatic nitrogens is 2. The summed E-state index contributed by atoms with van der Waals surface area (Å²) in [6.07, 6.45) is 1.48. The fourth-order valence-corrected chi connectivity index (χ4v) is 2.75. The minimum absolute atomic E-state index is 0.0189. The molecule has 0 aliphatic heterocycles. The summed E-state index contributed by atoms with van der Waals surface area (Å²) in [5.41, 5.74) is 0.501. The van der Waals surface area contributed by atoms with Gasteiger partial charge in [0, 0.05) is 23.4 Å². The predicted octanol–water partition coefficient (Wildman–Crippen LogP) is 2.29. The number of aryl methyl sites for hydroxylation is 2. The van der Waals surface area contributed by atoms with E-state index in [-0.39, 0.29) is 5.03 Å². The molecule has 1 N–H and O–H groups in total. The zero-order valence-electron chi connectivity index (χ0n) is 9.88. The number of hydrogen-bond donors (Lipinski definition) is 1. The molecule has 0 unspecified atom stereocenters. The first-order valence-corrected chi connectivity index (χ1v) is 7.44. The first-order valence-electron chi connectivity index (χ1n) is 5.17. The van der Waals surface area contributed by atoms with Gasteiger partial charge in [-0.1, -0.05) is 15.9 Å². The Morgan fingerprint density at radius 1 is 1.28 bits per heavy atom. The van der Waals surface area contributed by atoms with E-state index in [0.29, 0.717) is 11.5 Å². The maximum atomic E-state index is 12.1. The molecular formula is C11H12BrN3O2S. The molecule has 0 aliphatic rings. The van der Waals surface area contributed by atoms with Crippen LogP contribution in [0.5, 0.6) is 0 Å². The molecule has 1 aromatic carbocycles. The third-order valence-corrected chi connectivity index (χ3v) is 4.24. The summed E-state index contributed by atoms with van der Waals surface area (Å²) >= 11 is 3.29. The van der Waals surface area contributed by atoms with E-state index in [1.807, 2.05) is 0 Å². The average molecular weight is 330 g/mol. The largest absolute Gasteiger partial charge is 0.337 e. The third kappa shape index (κ3) is 2.73. The van der Waals surface area contributed by atoms with Gasteiger partial charge in [-0.3, -0.25) is 4.72 Å². The van der Waals surface area contributed by atoms with Gasteiger partial charge in [-0.2, -0.15) is 8.42 Å². The normalized spacial score (nSPS) is 11.5. The quantitative estimate of drug-likeness (QED) is 0.939. The number of benzene rings is 1. The third-order valence-electron chi connectivity index (χ3n) is 2.46. The fraction of sp³-hybridized carbons (Fsp3) is 0.182. The molecule has 18 heavy (non-hydrogen) atoms. The highest BCUT2D eigenvalue weighted by Gasteiger charge is 2.18. The number of anilines is 1. The van der Waals surface area contributed by atoms with Crippen molar-refractivity contribution in [3.05, 3.63) is 40.8 Å². The molecular weight excluding hydrogens is 318 g/mol. The van der Waals surface area contributed by atoms with Gasteiger partial charge >= 0.3 is 0 Å². The van der Waals surface area contributed by atoms with Gasteiger partial charge in [0.15, 0.2) is 5.03 Å². The topological polar surface area (TPSA) is 64.0 Å². The Balaban J connectivity index is 2.29. The van der Waals surface area contributed by atoms with Crippen LogP contribution in [0.4, 0.5) is 5.69 Å². The van der Waals surface area contributed by atoms with Crippen molar-refractivity contribution in [3.63, 3.8) is 0 Å². The molecule has 0 amide bonds. The van der Waals surface area contributed by atoms with E-state index in [0.717, 1.165) is 4.47 Å². The highest BCUT2D eigenvalue weighted by Crippen LogP contribution is 2.18. The number of sulfonamides is 1. The molecule has 7 heteroatoms. The highest BCUT2D eigenvalue weighted by atomic mass is 79.9. The van der Waals surface area contributed by atoms with Gasteiger partial charge in [0.2, 0.25) is 0 Å². The number of hydrogen-bond acceptors (Lipinski definition) is 3. The summed E-state index contributed by atoms with van der Waals surface area (Å²) in [5, 5.41) is 0.0189. The molecule has 1 heterocycles. The molecule has 0 atom stereocenters. The maximum absolute atomic E-state index is 12.1. The van der Waals surface area contributed by atoms with Crippen molar-refractivity contribution in [2.24, 2.45) is 7.05 Å². The minimum Gasteiger partial charge on any atom is -0.337 e. The number of nitrogens with zero attached hydrogens (tertiary/aromatic N) is 2. The zero-order valence-corrected chi connectivity index (χ0v) is 12.3. The first kappa shape index (κ1) is 13.1. The molecule has 5 nitrogen and oxygen atoms in total. The van der Waals surface area contributed by atoms with Gasteiger partial charge in [-0.15, -0.1) is 0 Å². The van der Waals surface area contributed by atoms with Crippen molar-refractivity contribution in [2.75, 3.05) is 4.72 Å². The van der Waals surface area contributed by atoms with Gasteiger partial charge in [0.1, 0.15) is 5.82 Å². The van der Waals surface area contributed by atoms with E-state index in [4.69, 9.17) is 0 Å². The smallest absolute Gasteiger partial charge is 0.280 e. The van der Waals surface area contributed by atoms with E-state index < -0.39 is 10.0 Å². The van der Waals surface area contributed by atoms with E-state index in [1.54, 1.807) is 42.8 Å². The second-order valence-electron chi connectivity index (χ2n) is 3.85. The molecule has 0 saturated carbocycles. The highest BCUT2D eigenvalue weighted by molar-refractivity contribution is 9.10. The van der Waals surface area contributed by atoms with Crippen molar-refractivity contribution in [3.8, 4) is 0 Å². The van der Waals surface area contributed by atoms with Crippen molar-refractivity contribution in [2.45, 2.75) is 11.9 Å². The lowest BCUT2D eigenvalue weighted by atomic mass is 10.3. The minimum atomic E-state index is -3.63. The van der Waals surface area contributed by atoms with E-state index in [1.165, 1.54) is 6.20 Å². The van der Waals surface area contributed by atoms with Crippen LogP contribution in [-0.2, 0) is 17.1 Å². The average Bonchev–Trinajstić information content (AvgIpc) is 2.63. The monoisotopic (exact) mass is 329 g/mol. The van der Waals surface area contributed by atoms with Gasteiger partial charge in [0.05, 0.1) is 0 Å². The van der Waals surface area contributed by atoms with Crippen molar-refractivity contribution >= 4 is 31.6 Å². The van der Waals surface area contributed by atoms with Crippen LogP contribution in [0.25, 0.3) is 0 Å². The molecule has 96 valence electrons. The number of imidazole rings is 1.